The van der Waals surface area contributed by atoms with Crippen LogP contribution >= 0.6 is 0 Å². The first-order valence-electron chi connectivity index (χ1n) is 15.0. The van der Waals surface area contributed by atoms with E-state index in [0.717, 1.165) is 55.7 Å². The van der Waals surface area contributed by atoms with Gasteiger partial charge >= 0.3 is 0 Å². The molecule has 0 amide bonds. The predicted octanol–water partition coefficient (Wildman–Crippen LogP) is 7.76. The second-order valence-corrected chi connectivity index (χ2v) is 12.7. The van der Waals surface area contributed by atoms with Crippen LogP contribution in [0.15, 0.2) is 30.3 Å². The van der Waals surface area contributed by atoms with Crippen molar-refractivity contribution in [3.05, 3.63) is 47.4 Å². The molecular formula is C30H49N5O2S. The topological polar surface area (TPSA) is 92.2 Å². The number of hydrogen-bond acceptors (Lipinski definition) is 4. The van der Waals surface area contributed by atoms with Gasteiger partial charge in [0.15, 0.2) is 11.5 Å². The number of aromatic amines is 1. The van der Waals surface area contributed by atoms with Gasteiger partial charge in [-0.15, -0.1) is 10.2 Å². The van der Waals surface area contributed by atoms with Gasteiger partial charge in [-0.05, 0) is 43.9 Å². The van der Waals surface area contributed by atoms with E-state index in [2.05, 4.69) is 26.9 Å². The fourth-order valence-electron chi connectivity index (χ4n) is 5.02. The SMILES string of the molecule is CCCCCCCCCCCCCCCCS(=O)(=O)Nc1ccc(CCCc2nnc3cc(C)[nH]n23)cc1. The zero-order valence-corrected chi connectivity index (χ0v) is 24.5. The van der Waals surface area contributed by atoms with Gasteiger partial charge in [0, 0.05) is 23.9 Å². The number of unbranched alkanes of at least 4 members (excludes halogenated alkanes) is 13. The molecule has 2 heterocycles. The van der Waals surface area contributed by atoms with Crippen molar-refractivity contribution in [2.75, 3.05) is 10.5 Å². The van der Waals surface area contributed by atoms with Gasteiger partial charge in [0.25, 0.3) is 0 Å². The predicted molar refractivity (Wildman–Crippen MR) is 158 cm³/mol. The van der Waals surface area contributed by atoms with Crippen molar-refractivity contribution in [2.24, 2.45) is 0 Å². The number of benzene rings is 1. The third-order valence-electron chi connectivity index (χ3n) is 7.25. The summed E-state index contributed by atoms with van der Waals surface area (Å²) in [4.78, 5) is 0. The normalized spacial score (nSPS) is 11.9. The number of aromatic nitrogens is 4. The summed E-state index contributed by atoms with van der Waals surface area (Å²) in [6, 6.07) is 9.71. The molecule has 1 aromatic carbocycles. The van der Waals surface area contributed by atoms with Crippen molar-refractivity contribution in [2.45, 2.75) is 123 Å². The van der Waals surface area contributed by atoms with E-state index < -0.39 is 10.0 Å². The van der Waals surface area contributed by atoms with E-state index in [0.29, 0.717) is 5.69 Å². The summed E-state index contributed by atoms with van der Waals surface area (Å²) in [5.41, 5.74) is 3.74. The molecule has 0 aliphatic heterocycles. The van der Waals surface area contributed by atoms with Gasteiger partial charge in [0.1, 0.15) is 0 Å². The number of H-pyrrole nitrogens is 1. The summed E-state index contributed by atoms with van der Waals surface area (Å²) in [5, 5.41) is 11.7. The van der Waals surface area contributed by atoms with Gasteiger partial charge in [0.2, 0.25) is 10.0 Å². The molecule has 0 aliphatic carbocycles. The highest BCUT2D eigenvalue weighted by Crippen LogP contribution is 2.16. The Balaban J connectivity index is 1.21. The van der Waals surface area contributed by atoms with E-state index >= 15 is 0 Å². The second-order valence-electron chi connectivity index (χ2n) is 10.8. The van der Waals surface area contributed by atoms with Gasteiger partial charge < -0.3 is 0 Å². The Hall–Kier alpha value is -2.35. The summed E-state index contributed by atoms with van der Waals surface area (Å²) in [7, 11) is -3.30. The largest absolute Gasteiger partial charge is 0.295 e. The van der Waals surface area contributed by atoms with Crippen molar-refractivity contribution in [1.82, 2.24) is 19.8 Å². The fraction of sp³-hybridized carbons (Fsp3) is 0.667. The maximum Gasteiger partial charge on any atom is 0.232 e. The molecule has 2 N–H and O–H groups in total. The van der Waals surface area contributed by atoms with Crippen molar-refractivity contribution < 1.29 is 8.42 Å². The molecule has 0 unspecified atom stereocenters. The van der Waals surface area contributed by atoms with Crippen LogP contribution in [0.25, 0.3) is 5.65 Å². The van der Waals surface area contributed by atoms with Crippen LogP contribution in [0.5, 0.6) is 0 Å². The molecule has 0 atom stereocenters. The van der Waals surface area contributed by atoms with Crippen LogP contribution in [0.4, 0.5) is 5.69 Å². The number of rotatable bonds is 21. The molecule has 0 spiro atoms. The van der Waals surface area contributed by atoms with Gasteiger partial charge in [-0.1, -0.05) is 103 Å². The number of fused-ring (bicyclic) bond motifs is 1. The molecule has 0 saturated heterocycles. The summed E-state index contributed by atoms with van der Waals surface area (Å²) < 4.78 is 29.6. The Morgan fingerprint density at radius 1 is 0.763 bits per heavy atom. The molecular weight excluding hydrogens is 494 g/mol. The van der Waals surface area contributed by atoms with E-state index in [1.807, 2.05) is 41.8 Å². The molecule has 2 aromatic heterocycles. The number of anilines is 1. The van der Waals surface area contributed by atoms with Crippen molar-refractivity contribution >= 4 is 21.4 Å². The highest BCUT2D eigenvalue weighted by molar-refractivity contribution is 7.92. The van der Waals surface area contributed by atoms with Gasteiger partial charge in [-0.2, -0.15) is 0 Å². The molecule has 0 fully saturated rings. The molecule has 7 nitrogen and oxygen atoms in total. The van der Waals surface area contributed by atoms with Crippen LogP contribution in [-0.2, 0) is 22.9 Å². The lowest BCUT2D eigenvalue weighted by Gasteiger charge is -2.09. The highest BCUT2D eigenvalue weighted by Gasteiger charge is 2.11. The minimum absolute atomic E-state index is 0.192. The quantitative estimate of drug-likeness (QED) is 0.134. The lowest BCUT2D eigenvalue weighted by molar-refractivity contribution is 0.537. The van der Waals surface area contributed by atoms with E-state index in [4.69, 9.17) is 0 Å². The van der Waals surface area contributed by atoms with Gasteiger partial charge in [-0.3, -0.25) is 9.82 Å². The lowest BCUT2D eigenvalue weighted by Crippen LogP contribution is -2.16. The van der Waals surface area contributed by atoms with Crippen molar-refractivity contribution in [3.8, 4) is 0 Å². The smallest absolute Gasteiger partial charge is 0.232 e. The number of nitrogens with zero attached hydrogens (tertiary/aromatic N) is 3. The Kier molecular flexibility index (Phi) is 13.2. The molecule has 8 heteroatoms. The summed E-state index contributed by atoms with van der Waals surface area (Å²) in [5.74, 6) is 1.12. The molecule has 212 valence electrons. The lowest BCUT2D eigenvalue weighted by atomic mass is 10.0. The molecule has 0 bridgehead atoms. The Morgan fingerprint density at radius 2 is 1.34 bits per heavy atom. The standard InChI is InChI=1S/C30H49N5O2S/c1-3-4-5-6-7-8-9-10-11-12-13-14-15-16-24-38(36,37)34-28-22-20-27(21-23-28)18-17-19-29-31-32-30-25-26(2)33-35(29)30/h20-23,25,33-34H,3-19,24H2,1-2H3. The number of hydrogen-bond donors (Lipinski definition) is 2. The number of sulfonamides is 1. The van der Waals surface area contributed by atoms with Crippen LogP contribution in [0.2, 0.25) is 0 Å². The first kappa shape index (κ1) is 30.2. The zero-order valence-electron chi connectivity index (χ0n) is 23.7. The molecule has 0 aliphatic rings. The molecule has 3 aromatic rings. The average Bonchev–Trinajstić information content (AvgIpc) is 3.44. The third kappa shape index (κ3) is 11.2. The van der Waals surface area contributed by atoms with Crippen LogP contribution in [0.3, 0.4) is 0 Å². The zero-order chi connectivity index (χ0) is 27.1. The number of aryl methyl sites for hydroxylation is 3. The number of nitrogens with one attached hydrogen (secondary N) is 2. The second kappa shape index (κ2) is 16.6. The van der Waals surface area contributed by atoms with Gasteiger partial charge in [-0.25, -0.2) is 12.9 Å². The van der Waals surface area contributed by atoms with E-state index in [1.54, 1.807) is 0 Å². The van der Waals surface area contributed by atoms with E-state index in [-0.39, 0.29) is 5.75 Å². The molecule has 0 saturated carbocycles. The van der Waals surface area contributed by atoms with Crippen molar-refractivity contribution in [3.63, 3.8) is 0 Å². The maximum absolute atomic E-state index is 12.5. The Bertz CT molecular complexity index is 1150. The highest BCUT2D eigenvalue weighted by atomic mass is 32.2. The van der Waals surface area contributed by atoms with E-state index in [1.165, 1.54) is 76.2 Å². The van der Waals surface area contributed by atoms with Crippen LogP contribution in [0, 0.1) is 6.92 Å². The minimum atomic E-state index is -3.30. The molecule has 0 radical (unpaired) electrons. The summed E-state index contributed by atoms with van der Waals surface area (Å²) in [6.45, 7) is 4.27. The summed E-state index contributed by atoms with van der Waals surface area (Å²) in [6.07, 6.45) is 20.4. The average molecular weight is 544 g/mol. The minimum Gasteiger partial charge on any atom is -0.295 e. The van der Waals surface area contributed by atoms with Crippen molar-refractivity contribution in [1.29, 1.82) is 0 Å². The molecule has 38 heavy (non-hydrogen) atoms. The van der Waals surface area contributed by atoms with Crippen LogP contribution in [0.1, 0.15) is 120 Å². The molecule has 3 rings (SSSR count). The van der Waals surface area contributed by atoms with Crippen LogP contribution in [-0.4, -0.2) is 34.0 Å². The van der Waals surface area contributed by atoms with E-state index in [9.17, 15) is 8.42 Å². The maximum atomic E-state index is 12.5. The first-order chi connectivity index (χ1) is 18.5. The monoisotopic (exact) mass is 543 g/mol. The van der Waals surface area contributed by atoms with Crippen LogP contribution < -0.4 is 4.72 Å². The Labute approximate surface area is 230 Å². The van der Waals surface area contributed by atoms with Gasteiger partial charge in [0.05, 0.1) is 5.75 Å². The fourth-order valence-corrected chi connectivity index (χ4v) is 6.20. The summed E-state index contributed by atoms with van der Waals surface area (Å²) >= 11 is 0. The Morgan fingerprint density at radius 3 is 1.95 bits per heavy atom. The third-order valence-corrected chi connectivity index (χ3v) is 8.62. The first-order valence-corrected chi connectivity index (χ1v) is 16.6.